The van der Waals surface area contributed by atoms with Gasteiger partial charge in [-0.3, -0.25) is 4.79 Å². The Labute approximate surface area is 158 Å². The number of carboxylic acids is 1. The summed E-state index contributed by atoms with van der Waals surface area (Å²) in [5, 5.41) is 26.6. The highest BCUT2D eigenvalue weighted by atomic mass is 32.2. The van der Waals surface area contributed by atoms with Gasteiger partial charge < -0.3 is 25.7 Å². The van der Waals surface area contributed by atoms with Crippen molar-refractivity contribution in [1.82, 2.24) is 15.5 Å². The third kappa shape index (κ3) is 3.40. The van der Waals surface area contributed by atoms with Crippen LogP contribution in [0.3, 0.4) is 0 Å². The van der Waals surface area contributed by atoms with Gasteiger partial charge in [-0.15, -0.1) is 11.8 Å². The van der Waals surface area contributed by atoms with E-state index in [1.807, 2.05) is 14.0 Å². The molecule has 7 nitrogen and oxygen atoms in total. The number of aliphatic carboxylic acids is 1. The van der Waals surface area contributed by atoms with E-state index in [-0.39, 0.29) is 23.6 Å². The van der Waals surface area contributed by atoms with Crippen molar-refractivity contribution >= 4 is 23.6 Å². The highest BCUT2D eigenvalue weighted by Crippen LogP contribution is 2.51. The fourth-order valence-electron chi connectivity index (χ4n) is 4.48. The molecule has 3 aliphatic heterocycles. The molecule has 3 aliphatic rings. The fraction of sp³-hybridized carbons (Fsp3) is 0.778. The van der Waals surface area contributed by atoms with Crippen molar-refractivity contribution in [2.24, 2.45) is 11.8 Å². The van der Waals surface area contributed by atoms with Gasteiger partial charge in [-0.05, 0) is 39.8 Å². The molecular formula is C18H29N3O4S. The van der Waals surface area contributed by atoms with Crippen LogP contribution in [-0.2, 0) is 9.59 Å². The van der Waals surface area contributed by atoms with Crippen LogP contribution in [0.4, 0.5) is 0 Å². The van der Waals surface area contributed by atoms with Crippen LogP contribution in [0, 0.1) is 11.8 Å². The molecule has 0 aromatic carbocycles. The Morgan fingerprint density at radius 2 is 2.23 bits per heavy atom. The van der Waals surface area contributed by atoms with Gasteiger partial charge in [-0.1, -0.05) is 6.92 Å². The van der Waals surface area contributed by atoms with E-state index in [9.17, 15) is 19.8 Å². The Balaban J connectivity index is 1.69. The minimum atomic E-state index is -1.05. The molecule has 6 atom stereocenters. The maximum absolute atomic E-state index is 12.4. The SMILES string of the molecule is CNCCCC1C[C@H](SC2=C(C(=O)O)N3C(=O)C(C(C)O)C3[C@H]2C)CN1. The molecule has 4 N–H and O–H groups in total. The Hall–Kier alpha value is -1.09. The average molecular weight is 384 g/mol. The second kappa shape index (κ2) is 7.88. The molecule has 4 unspecified atom stereocenters. The van der Waals surface area contributed by atoms with Crippen LogP contribution in [0.2, 0.25) is 0 Å². The Morgan fingerprint density at radius 1 is 1.50 bits per heavy atom. The number of nitrogens with one attached hydrogen (secondary N) is 2. The molecule has 0 aromatic rings. The van der Waals surface area contributed by atoms with Crippen molar-refractivity contribution in [3.8, 4) is 0 Å². The topological polar surface area (TPSA) is 102 Å². The largest absolute Gasteiger partial charge is 0.477 e. The maximum Gasteiger partial charge on any atom is 0.353 e. The van der Waals surface area contributed by atoms with E-state index < -0.39 is 18.0 Å². The van der Waals surface area contributed by atoms with Crippen molar-refractivity contribution < 1.29 is 19.8 Å². The molecule has 146 valence electrons. The van der Waals surface area contributed by atoms with Crippen molar-refractivity contribution in [2.75, 3.05) is 20.1 Å². The van der Waals surface area contributed by atoms with Gasteiger partial charge in [0.05, 0.1) is 18.1 Å². The number of carboxylic acid groups (broad SMARTS) is 1. The number of carbonyl (C=O) groups is 2. The van der Waals surface area contributed by atoms with Crippen molar-refractivity contribution in [3.05, 3.63) is 10.6 Å². The molecule has 0 aromatic heterocycles. The summed E-state index contributed by atoms with van der Waals surface area (Å²) in [7, 11) is 1.95. The average Bonchev–Trinajstić information content (AvgIpc) is 3.10. The van der Waals surface area contributed by atoms with Crippen LogP contribution >= 0.6 is 11.8 Å². The number of rotatable bonds is 8. The van der Waals surface area contributed by atoms with Gasteiger partial charge in [-0.2, -0.15) is 0 Å². The first-order chi connectivity index (χ1) is 12.4. The zero-order chi connectivity index (χ0) is 19.0. The molecular weight excluding hydrogens is 354 g/mol. The van der Waals surface area contributed by atoms with E-state index in [0.29, 0.717) is 11.3 Å². The summed E-state index contributed by atoms with van der Waals surface area (Å²) in [5.74, 6) is -1.85. The first-order valence-corrected chi connectivity index (χ1v) is 10.3. The van der Waals surface area contributed by atoms with Crippen LogP contribution in [0.5, 0.6) is 0 Å². The zero-order valence-electron chi connectivity index (χ0n) is 15.6. The minimum Gasteiger partial charge on any atom is -0.477 e. The molecule has 0 spiro atoms. The van der Waals surface area contributed by atoms with Gasteiger partial charge >= 0.3 is 5.97 Å². The van der Waals surface area contributed by atoms with Crippen molar-refractivity contribution in [3.63, 3.8) is 0 Å². The van der Waals surface area contributed by atoms with Crippen LogP contribution < -0.4 is 10.6 Å². The van der Waals surface area contributed by atoms with Gasteiger partial charge in [0.25, 0.3) is 0 Å². The smallest absolute Gasteiger partial charge is 0.353 e. The normalized spacial score (nSPS) is 34.8. The summed E-state index contributed by atoms with van der Waals surface area (Å²) in [6.07, 6.45) is 2.48. The molecule has 2 fully saturated rings. The number of β-lactam (4-membered cyclic amide) rings is 1. The monoisotopic (exact) mass is 383 g/mol. The number of hydrogen-bond donors (Lipinski definition) is 4. The second-order valence-electron chi connectivity index (χ2n) is 7.60. The number of carbonyl (C=O) groups excluding carboxylic acids is 1. The predicted octanol–water partition coefficient (Wildman–Crippen LogP) is 0.603. The lowest BCUT2D eigenvalue weighted by atomic mass is 9.79. The summed E-state index contributed by atoms with van der Waals surface area (Å²) < 4.78 is 0. The molecule has 0 bridgehead atoms. The van der Waals surface area contributed by atoms with Gasteiger partial charge in [0.1, 0.15) is 5.70 Å². The summed E-state index contributed by atoms with van der Waals surface area (Å²) >= 11 is 1.61. The van der Waals surface area contributed by atoms with Gasteiger partial charge in [0, 0.05) is 28.7 Å². The van der Waals surface area contributed by atoms with E-state index in [1.165, 1.54) is 4.90 Å². The maximum atomic E-state index is 12.4. The fourth-order valence-corrected chi connectivity index (χ4v) is 5.99. The highest BCUT2D eigenvalue weighted by molar-refractivity contribution is 8.03. The van der Waals surface area contributed by atoms with Crippen LogP contribution in [0.15, 0.2) is 10.6 Å². The van der Waals surface area contributed by atoms with E-state index in [1.54, 1.807) is 18.7 Å². The molecule has 0 radical (unpaired) electrons. The molecule has 26 heavy (non-hydrogen) atoms. The molecule has 3 rings (SSSR count). The van der Waals surface area contributed by atoms with Gasteiger partial charge in [0.15, 0.2) is 0 Å². The molecule has 0 saturated carbocycles. The molecule has 1 amide bonds. The summed E-state index contributed by atoms with van der Waals surface area (Å²) in [6.45, 7) is 5.44. The van der Waals surface area contributed by atoms with E-state index in [2.05, 4.69) is 10.6 Å². The molecule has 2 saturated heterocycles. The number of aliphatic hydroxyl groups is 1. The lowest BCUT2D eigenvalue weighted by Gasteiger charge is -2.46. The molecule has 0 aliphatic carbocycles. The van der Waals surface area contributed by atoms with Crippen LogP contribution in [-0.4, -0.2) is 70.6 Å². The number of amides is 1. The standard InChI is InChI=1S/C18H29N3O4S/c1-9-14-13(10(2)22)17(23)21(14)15(18(24)25)16(9)26-12-7-11(20-8-12)5-4-6-19-3/h9-14,19-20,22H,4-8H2,1-3H3,(H,24,25)/t9-,10?,11?,12+,13?,14?/m1/s1. The lowest BCUT2D eigenvalue weighted by Crippen LogP contribution is -2.63. The Bertz CT molecular complexity index is 609. The molecule has 3 heterocycles. The Kier molecular flexibility index (Phi) is 5.96. The van der Waals surface area contributed by atoms with Crippen molar-refractivity contribution in [1.29, 1.82) is 0 Å². The summed E-state index contributed by atoms with van der Waals surface area (Å²) in [4.78, 5) is 26.4. The van der Waals surface area contributed by atoms with Gasteiger partial charge in [0.2, 0.25) is 5.91 Å². The lowest BCUT2D eigenvalue weighted by molar-refractivity contribution is -0.163. The minimum absolute atomic E-state index is 0.0493. The number of thioether (sulfide) groups is 1. The van der Waals surface area contributed by atoms with E-state index >= 15 is 0 Å². The number of aliphatic hydroxyl groups excluding tert-OH is 1. The van der Waals surface area contributed by atoms with Crippen molar-refractivity contribution in [2.45, 2.75) is 56.5 Å². The quantitative estimate of drug-likeness (QED) is 0.360. The zero-order valence-corrected chi connectivity index (χ0v) is 16.4. The Morgan fingerprint density at radius 3 is 2.85 bits per heavy atom. The van der Waals surface area contributed by atoms with Gasteiger partial charge in [-0.25, -0.2) is 4.79 Å². The first-order valence-electron chi connectivity index (χ1n) is 9.40. The number of hydrogen-bond acceptors (Lipinski definition) is 6. The number of nitrogens with zero attached hydrogens (tertiary/aromatic N) is 1. The second-order valence-corrected chi connectivity index (χ2v) is 8.94. The summed E-state index contributed by atoms with van der Waals surface area (Å²) in [6, 6.07) is 0.243. The van der Waals surface area contributed by atoms with E-state index in [4.69, 9.17) is 0 Å². The van der Waals surface area contributed by atoms with Crippen LogP contribution in [0.1, 0.15) is 33.1 Å². The third-order valence-electron chi connectivity index (χ3n) is 5.77. The predicted molar refractivity (Wildman–Crippen MR) is 101 cm³/mol. The van der Waals surface area contributed by atoms with E-state index in [0.717, 1.165) is 37.3 Å². The summed E-state index contributed by atoms with van der Waals surface area (Å²) in [5.41, 5.74) is 0.132. The first kappa shape index (κ1) is 19.7. The molecule has 8 heteroatoms. The third-order valence-corrected chi connectivity index (χ3v) is 7.28. The van der Waals surface area contributed by atoms with Crippen LogP contribution in [0.25, 0.3) is 0 Å². The number of fused-ring (bicyclic) bond motifs is 1. The highest BCUT2D eigenvalue weighted by Gasteiger charge is 2.60.